The van der Waals surface area contributed by atoms with Crippen LogP contribution in [-0.2, 0) is 0 Å². The summed E-state index contributed by atoms with van der Waals surface area (Å²) < 4.78 is 2.71. The van der Waals surface area contributed by atoms with Crippen LogP contribution in [0.25, 0.3) is 0 Å². The molecule has 0 aliphatic carbocycles. The van der Waals surface area contributed by atoms with E-state index < -0.39 is 16.1 Å². The van der Waals surface area contributed by atoms with E-state index in [1.165, 1.54) is 32.5 Å². The first kappa shape index (κ1) is 22.5. The second kappa shape index (κ2) is 10.8. The van der Waals surface area contributed by atoms with Gasteiger partial charge in [-0.2, -0.15) is 0 Å². The third kappa shape index (κ3) is 4.97. The van der Waals surface area contributed by atoms with Crippen molar-refractivity contribution in [3.8, 4) is 0 Å². The molecule has 5 aromatic rings. The lowest BCUT2D eigenvalue weighted by Crippen LogP contribution is -2.31. The molecule has 0 heterocycles. The van der Waals surface area contributed by atoms with Gasteiger partial charge in [-0.1, -0.05) is 139 Å². The molecule has 5 aromatic carbocycles. The van der Waals surface area contributed by atoms with Crippen LogP contribution in [0.4, 0.5) is 5.69 Å². The quantitative estimate of drug-likeness (QED) is 0.232. The molecular weight excluding hydrogens is 448 g/mol. The van der Waals surface area contributed by atoms with E-state index in [4.69, 9.17) is 0 Å². The molecule has 0 saturated heterocycles. The third-order valence-corrected chi connectivity index (χ3v) is 11.1. The van der Waals surface area contributed by atoms with Gasteiger partial charge in [0.1, 0.15) is 0 Å². The fraction of sp³-hybridized carbons (Fsp3) is 0.0323. The van der Waals surface area contributed by atoms with Crippen molar-refractivity contribution < 1.29 is 0 Å². The molecule has 0 spiro atoms. The molecule has 0 amide bonds. The molecule has 34 heavy (non-hydrogen) atoms. The fourth-order valence-electron chi connectivity index (χ4n) is 4.01. The van der Waals surface area contributed by atoms with Crippen LogP contribution in [0.5, 0.6) is 0 Å². The molecule has 166 valence electrons. The van der Waals surface area contributed by atoms with Crippen molar-refractivity contribution in [2.45, 2.75) is 6.92 Å². The Labute approximate surface area is 205 Å². The minimum atomic E-state index is -0.825. The monoisotopic (exact) mass is 475 g/mol. The summed E-state index contributed by atoms with van der Waals surface area (Å²) in [7, 11) is -1.65. The van der Waals surface area contributed by atoms with Crippen LogP contribution < -0.4 is 25.7 Å². The zero-order valence-corrected chi connectivity index (χ0v) is 21.0. The highest BCUT2D eigenvalue weighted by atomic mass is 31.2. The standard InChI is InChI=1S/C31H27NP2/c1-26-22-24-27(25-23-26)32(33(28-14-6-2-7-15-28)29-16-8-3-9-17-29)34(30-18-10-4-11-19-30)31-20-12-5-13-21-31/h2-25H,1H3. The Hall–Kier alpha value is -3.24. The molecule has 1 nitrogen and oxygen atoms in total. The van der Waals surface area contributed by atoms with Crippen LogP contribution in [0.3, 0.4) is 0 Å². The maximum absolute atomic E-state index is 2.71. The Balaban J connectivity index is 1.79. The summed E-state index contributed by atoms with van der Waals surface area (Å²) in [6.45, 7) is 2.16. The molecule has 0 aliphatic rings. The molecule has 0 saturated carbocycles. The molecule has 0 N–H and O–H groups in total. The van der Waals surface area contributed by atoms with Crippen molar-refractivity contribution in [3.05, 3.63) is 151 Å². The van der Waals surface area contributed by atoms with Gasteiger partial charge in [-0.05, 0) is 19.1 Å². The molecular formula is C31H27NP2. The number of hydrogen-bond acceptors (Lipinski definition) is 1. The van der Waals surface area contributed by atoms with Crippen molar-refractivity contribution >= 4 is 43.1 Å². The summed E-state index contributed by atoms with van der Waals surface area (Å²) in [5.41, 5.74) is 2.53. The van der Waals surface area contributed by atoms with Crippen molar-refractivity contribution in [2.75, 3.05) is 4.44 Å². The van der Waals surface area contributed by atoms with E-state index in [0.717, 1.165) is 0 Å². The second-order valence-corrected chi connectivity index (χ2v) is 12.5. The molecule has 0 atom stereocenters. The summed E-state index contributed by atoms with van der Waals surface area (Å²) in [6, 6.07) is 53.0. The van der Waals surface area contributed by atoms with Crippen molar-refractivity contribution in [1.29, 1.82) is 0 Å². The number of hydrogen-bond donors (Lipinski definition) is 0. The molecule has 0 radical (unpaired) electrons. The zero-order chi connectivity index (χ0) is 23.2. The normalized spacial score (nSPS) is 11.0. The Bertz CT molecular complexity index is 1130. The third-order valence-electron chi connectivity index (χ3n) is 5.65. The number of rotatable bonds is 7. The lowest BCUT2D eigenvalue weighted by Gasteiger charge is -2.40. The number of aryl methyl sites for hydroxylation is 1. The first-order valence-electron chi connectivity index (χ1n) is 11.5. The summed E-state index contributed by atoms with van der Waals surface area (Å²) in [6.07, 6.45) is 0. The topological polar surface area (TPSA) is 3.24 Å². The van der Waals surface area contributed by atoms with Gasteiger partial charge in [-0.15, -0.1) is 0 Å². The number of nitrogens with zero attached hydrogens (tertiary/aromatic N) is 1. The summed E-state index contributed by atoms with van der Waals surface area (Å²) in [5.74, 6) is 0. The van der Waals surface area contributed by atoms with Gasteiger partial charge in [0.25, 0.3) is 0 Å². The first-order chi connectivity index (χ1) is 16.8. The molecule has 0 bridgehead atoms. The Kier molecular flexibility index (Phi) is 7.16. The van der Waals surface area contributed by atoms with Gasteiger partial charge < -0.3 is 4.44 Å². The average molecular weight is 476 g/mol. The number of benzene rings is 5. The van der Waals surface area contributed by atoms with E-state index in [1.54, 1.807) is 0 Å². The van der Waals surface area contributed by atoms with E-state index in [0.29, 0.717) is 0 Å². The maximum Gasteiger partial charge on any atom is 0.0590 e. The largest absolute Gasteiger partial charge is 0.313 e. The van der Waals surface area contributed by atoms with Crippen LogP contribution in [-0.4, -0.2) is 0 Å². The Morgan fingerprint density at radius 1 is 0.382 bits per heavy atom. The Morgan fingerprint density at radius 2 is 0.676 bits per heavy atom. The van der Waals surface area contributed by atoms with Crippen molar-refractivity contribution in [3.63, 3.8) is 0 Å². The predicted octanol–water partition coefficient (Wildman–Crippen LogP) is 6.90. The van der Waals surface area contributed by atoms with Crippen LogP contribution >= 0.6 is 16.1 Å². The van der Waals surface area contributed by atoms with Crippen LogP contribution in [0.1, 0.15) is 5.56 Å². The maximum atomic E-state index is 2.71. The highest BCUT2D eigenvalue weighted by Gasteiger charge is 2.32. The number of anilines is 1. The van der Waals surface area contributed by atoms with Crippen LogP contribution in [0.2, 0.25) is 0 Å². The van der Waals surface area contributed by atoms with Gasteiger partial charge >= 0.3 is 0 Å². The highest BCUT2D eigenvalue weighted by Crippen LogP contribution is 2.56. The predicted molar refractivity (Wildman–Crippen MR) is 152 cm³/mol. The molecule has 0 fully saturated rings. The van der Waals surface area contributed by atoms with Crippen LogP contribution in [0, 0.1) is 6.92 Å². The first-order valence-corrected chi connectivity index (χ1v) is 14.1. The Morgan fingerprint density at radius 3 is 0.971 bits per heavy atom. The summed E-state index contributed by atoms with van der Waals surface area (Å²) >= 11 is 0. The summed E-state index contributed by atoms with van der Waals surface area (Å²) in [5, 5.41) is 5.40. The van der Waals surface area contributed by atoms with E-state index >= 15 is 0 Å². The van der Waals surface area contributed by atoms with Gasteiger partial charge in [-0.3, -0.25) is 0 Å². The lowest BCUT2D eigenvalue weighted by molar-refractivity contribution is 1.45. The lowest BCUT2D eigenvalue weighted by atomic mass is 10.2. The summed E-state index contributed by atoms with van der Waals surface area (Å²) in [4.78, 5) is 0. The van der Waals surface area contributed by atoms with Gasteiger partial charge in [-0.25, -0.2) is 0 Å². The van der Waals surface area contributed by atoms with Gasteiger partial charge in [0, 0.05) is 26.9 Å². The van der Waals surface area contributed by atoms with E-state index in [2.05, 4.69) is 157 Å². The molecule has 0 unspecified atom stereocenters. The van der Waals surface area contributed by atoms with E-state index in [9.17, 15) is 0 Å². The zero-order valence-electron chi connectivity index (χ0n) is 19.2. The van der Waals surface area contributed by atoms with Gasteiger partial charge in [0.05, 0.1) is 16.1 Å². The average Bonchev–Trinajstić information content (AvgIpc) is 2.91. The van der Waals surface area contributed by atoms with Gasteiger partial charge in [0.2, 0.25) is 0 Å². The molecule has 5 rings (SSSR count). The smallest absolute Gasteiger partial charge is 0.0590 e. The minimum Gasteiger partial charge on any atom is -0.313 e. The van der Waals surface area contributed by atoms with Crippen LogP contribution in [0.15, 0.2) is 146 Å². The second-order valence-electron chi connectivity index (χ2n) is 8.09. The van der Waals surface area contributed by atoms with E-state index in [1.807, 2.05) is 0 Å². The molecule has 0 aliphatic heterocycles. The van der Waals surface area contributed by atoms with Crippen molar-refractivity contribution in [1.82, 2.24) is 0 Å². The molecule has 3 heteroatoms. The highest BCUT2D eigenvalue weighted by molar-refractivity contribution is 7.90. The van der Waals surface area contributed by atoms with E-state index in [-0.39, 0.29) is 0 Å². The van der Waals surface area contributed by atoms with Crippen molar-refractivity contribution in [2.24, 2.45) is 0 Å². The minimum absolute atomic E-state index is 0.825. The SMILES string of the molecule is Cc1ccc(N(P(c2ccccc2)c2ccccc2)P(c2ccccc2)c2ccccc2)cc1. The molecule has 0 aromatic heterocycles. The fourth-order valence-corrected chi connectivity index (χ4v) is 9.98. The van der Waals surface area contributed by atoms with Gasteiger partial charge in [0.15, 0.2) is 0 Å².